The fourth-order valence-electron chi connectivity index (χ4n) is 1.26. The van der Waals surface area contributed by atoms with Crippen molar-refractivity contribution in [3.05, 3.63) is 10.0 Å². The van der Waals surface area contributed by atoms with E-state index in [1.165, 1.54) is 12.8 Å². The number of guanidine groups is 1. The molecular formula is C11H19N5S. The quantitative estimate of drug-likeness (QED) is 0.630. The molecule has 1 aliphatic carbocycles. The van der Waals surface area contributed by atoms with Gasteiger partial charge in [-0.15, -0.1) is 10.2 Å². The lowest BCUT2D eigenvalue weighted by Crippen LogP contribution is -2.33. The standard InChI is InChI=1S/C11H19N5S/c1-11(2,3)9-16-15-8(17-9)6-13-10(12)14-7-4-5-7/h7H,4-6H2,1-3H3,(H3,12,13,14). The molecule has 0 aliphatic heterocycles. The van der Waals surface area contributed by atoms with Gasteiger partial charge in [-0.2, -0.15) is 0 Å². The number of aromatic nitrogens is 2. The number of nitrogens with two attached hydrogens (primary N) is 1. The van der Waals surface area contributed by atoms with Crippen LogP contribution in [0, 0.1) is 0 Å². The molecule has 0 spiro atoms. The summed E-state index contributed by atoms with van der Waals surface area (Å²) in [7, 11) is 0. The van der Waals surface area contributed by atoms with Crippen LogP contribution in [-0.4, -0.2) is 22.2 Å². The minimum atomic E-state index is 0.0530. The average Bonchev–Trinajstić information content (AvgIpc) is 2.90. The minimum absolute atomic E-state index is 0.0530. The molecule has 94 valence electrons. The maximum absolute atomic E-state index is 5.75. The number of rotatable bonds is 3. The molecule has 6 heteroatoms. The average molecular weight is 253 g/mol. The maximum atomic E-state index is 5.75. The lowest BCUT2D eigenvalue weighted by atomic mass is 9.98. The second-order valence-corrected chi connectivity index (χ2v) is 6.43. The molecule has 1 aromatic rings. The van der Waals surface area contributed by atoms with Crippen molar-refractivity contribution in [3.8, 4) is 0 Å². The van der Waals surface area contributed by atoms with Crippen molar-refractivity contribution in [3.63, 3.8) is 0 Å². The van der Waals surface area contributed by atoms with Gasteiger partial charge in [-0.25, -0.2) is 4.99 Å². The van der Waals surface area contributed by atoms with Crippen LogP contribution in [0.3, 0.4) is 0 Å². The van der Waals surface area contributed by atoms with Crippen LogP contribution in [0.5, 0.6) is 0 Å². The monoisotopic (exact) mass is 253 g/mol. The van der Waals surface area contributed by atoms with E-state index in [1.54, 1.807) is 11.3 Å². The summed E-state index contributed by atoms with van der Waals surface area (Å²) in [5.41, 5.74) is 5.80. The molecule has 1 saturated carbocycles. The van der Waals surface area contributed by atoms with Gasteiger partial charge in [0.1, 0.15) is 10.0 Å². The molecule has 0 amide bonds. The summed E-state index contributed by atoms with van der Waals surface area (Å²) in [6.07, 6.45) is 2.40. The first-order valence-corrected chi connectivity index (χ1v) is 6.66. The minimum Gasteiger partial charge on any atom is -0.370 e. The van der Waals surface area contributed by atoms with E-state index in [2.05, 4.69) is 41.3 Å². The van der Waals surface area contributed by atoms with Gasteiger partial charge in [0.15, 0.2) is 5.96 Å². The van der Waals surface area contributed by atoms with Crippen LogP contribution in [0.25, 0.3) is 0 Å². The normalized spacial score (nSPS) is 17.2. The van der Waals surface area contributed by atoms with E-state index < -0.39 is 0 Å². The van der Waals surface area contributed by atoms with Gasteiger partial charge in [0.05, 0.1) is 6.54 Å². The van der Waals surface area contributed by atoms with Crippen LogP contribution in [0.4, 0.5) is 0 Å². The Bertz CT molecular complexity index is 414. The summed E-state index contributed by atoms with van der Waals surface area (Å²) in [5, 5.41) is 13.4. The number of hydrogen-bond acceptors (Lipinski definition) is 4. The Kier molecular flexibility index (Phi) is 3.33. The van der Waals surface area contributed by atoms with Crippen LogP contribution in [-0.2, 0) is 12.0 Å². The van der Waals surface area contributed by atoms with Gasteiger partial charge in [0.2, 0.25) is 0 Å². The molecule has 1 aromatic heterocycles. The molecule has 1 fully saturated rings. The second-order valence-electron chi connectivity index (χ2n) is 5.37. The number of aliphatic imine (C=N–C) groups is 1. The third kappa shape index (κ3) is 3.66. The van der Waals surface area contributed by atoms with Gasteiger partial charge >= 0.3 is 0 Å². The van der Waals surface area contributed by atoms with Gasteiger partial charge in [0.25, 0.3) is 0 Å². The predicted molar refractivity (Wildman–Crippen MR) is 70.1 cm³/mol. The zero-order chi connectivity index (χ0) is 12.5. The van der Waals surface area contributed by atoms with Gasteiger partial charge in [-0.1, -0.05) is 32.1 Å². The van der Waals surface area contributed by atoms with Crippen molar-refractivity contribution in [1.29, 1.82) is 0 Å². The second kappa shape index (κ2) is 4.60. The Morgan fingerprint density at radius 1 is 1.47 bits per heavy atom. The summed E-state index contributed by atoms with van der Waals surface area (Å²) in [6.45, 7) is 6.90. The molecule has 0 unspecified atom stereocenters. The Hall–Kier alpha value is -1.17. The molecular weight excluding hydrogens is 234 g/mol. The van der Waals surface area contributed by atoms with Crippen molar-refractivity contribution < 1.29 is 0 Å². The van der Waals surface area contributed by atoms with E-state index in [1.807, 2.05) is 0 Å². The van der Waals surface area contributed by atoms with Crippen molar-refractivity contribution >= 4 is 17.3 Å². The summed E-state index contributed by atoms with van der Waals surface area (Å²) < 4.78 is 0. The first-order valence-electron chi connectivity index (χ1n) is 5.84. The number of hydrogen-bond donors (Lipinski definition) is 2. The van der Waals surface area contributed by atoms with Crippen molar-refractivity contribution in [1.82, 2.24) is 15.5 Å². The van der Waals surface area contributed by atoms with E-state index in [4.69, 9.17) is 5.73 Å². The highest BCUT2D eigenvalue weighted by Crippen LogP contribution is 2.25. The van der Waals surface area contributed by atoms with Crippen molar-refractivity contribution in [2.24, 2.45) is 10.7 Å². The summed E-state index contributed by atoms with van der Waals surface area (Å²) >= 11 is 1.60. The van der Waals surface area contributed by atoms with E-state index in [0.29, 0.717) is 18.5 Å². The van der Waals surface area contributed by atoms with E-state index in [9.17, 15) is 0 Å². The van der Waals surface area contributed by atoms with Gasteiger partial charge in [-0.05, 0) is 12.8 Å². The molecule has 17 heavy (non-hydrogen) atoms. The van der Waals surface area contributed by atoms with Crippen LogP contribution in [0.2, 0.25) is 0 Å². The highest BCUT2D eigenvalue weighted by atomic mass is 32.1. The lowest BCUT2D eigenvalue weighted by molar-refractivity contribution is 0.577. The maximum Gasteiger partial charge on any atom is 0.189 e. The molecule has 1 heterocycles. The summed E-state index contributed by atoms with van der Waals surface area (Å²) in [6, 6.07) is 0.540. The number of nitrogens with zero attached hydrogens (tertiary/aromatic N) is 3. The molecule has 0 radical (unpaired) electrons. The Balaban J connectivity index is 1.92. The number of nitrogens with one attached hydrogen (secondary N) is 1. The Morgan fingerprint density at radius 2 is 2.18 bits per heavy atom. The SMILES string of the molecule is CC(C)(C)c1nnc(CN=C(N)NC2CC2)s1. The fourth-order valence-corrected chi connectivity index (χ4v) is 2.08. The van der Waals surface area contributed by atoms with Gasteiger partial charge in [0, 0.05) is 11.5 Å². The predicted octanol–water partition coefficient (Wildman–Crippen LogP) is 1.40. The molecule has 3 N–H and O–H groups in total. The molecule has 0 bridgehead atoms. The highest BCUT2D eigenvalue weighted by Gasteiger charge is 2.21. The first kappa shape index (κ1) is 12.3. The third-order valence-corrected chi connectivity index (χ3v) is 3.76. The van der Waals surface area contributed by atoms with Crippen molar-refractivity contribution in [2.75, 3.05) is 0 Å². The molecule has 0 atom stereocenters. The van der Waals surface area contributed by atoms with E-state index >= 15 is 0 Å². The van der Waals surface area contributed by atoms with E-state index in [0.717, 1.165) is 10.0 Å². The fraction of sp³-hybridized carbons (Fsp3) is 0.727. The zero-order valence-electron chi connectivity index (χ0n) is 10.5. The molecule has 0 saturated heterocycles. The molecule has 5 nitrogen and oxygen atoms in total. The van der Waals surface area contributed by atoms with Crippen LogP contribution >= 0.6 is 11.3 Å². The highest BCUT2D eigenvalue weighted by molar-refractivity contribution is 7.11. The third-order valence-electron chi connectivity index (χ3n) is 2.42. The van der Waals surface area contributed by atoms with Crippen LogP contribution < -0.4 is 11.1 Å². The van der Waals surface area contributed by atoms with E-state index in [-0.39, 0.29) is 5.41 Å². The molecule has 0 aromatic carbocycles. The van der Waals surface area contributed by atoms with Gasteiger partial charge < -0.3 is 11.1 Å². The van der Waals surface area contributed by atoms with Gasteiger partial charge in [-0.3, -0.25) is 0 Å². The molecule has 1 aliphatic rings. The lowest BCUT2D eigenvalue weighted by Gasteiger charge is -2.12. The zero-order valence-corrected chi connectivity index (χ0v) is 11.3. The van der Waals surface area contributed by atoms with Crippen molar-refractivity contribution in [2.45, 2.75) is 51.6 Å². The first-order chi connectivity index (χ1) is 7.95. The molecule has 2 rings (SSSR count). The largest absolute Gasteiger partial charge is 0.370 e. The Morgan fingerprint density at radius 3 is 2.71 bits per heavy atom. The summed E-state index contributed by atoms with van der Waals surface area (Å²) in [4.78, 5) is 4.26. The Labute approximate surface area is 106 Å². The topological polar surface area (TPSA) is 76.2 Å². The van der Waals surface area contributed by atoms with Crippen LogP contribution in [0.1, 0.15) is 43.6 Å². The smallest absolute Gasteiger partial charge is 0.189 e. The van der Waals surface area contributed by atoms with Crippen LogP contribution in [0.15, 0.2) is 4.99 Å². The summed E-state index contributed by atoms with van der Waals surface area (Å²) in [5.74, 6) is 0.514.